The predicted octanol–water partition coefficient (Wildman–Crippen LogP) is 2.77. The van der Waals surface area contributed by atoms with Gasteiger partial charge in [0, 0.05) is 31.2 Å². The number of benzene rings is 1. The molecule has 2 heterocycles. The average Bonchev–Trinajstić information content (AvgIpc) is 2.98. The number of para-hydroxylation sites is 1. The number of aromatic nitrogens is 4. The minimum Gasteiger partial charge on any atom is -0.329 e. The zero-order valence-corrected chi connectivity index (χ0v) is 11.4. The Morgan fingerprint density at radius 2 is 2.05 bits per heavy atom. The number of imidazole rings is 1. The molecule has 3 rings (SSSR count). The molecule has 0 saturated heterocycles. The number of aryl methyl sites for hydroxylation is 2. The second-order valence-electron chi connectivity index (χ2n) is 4.81. The molecule has 4 heteroatoms. The third kappa shape index (κ3) is 2.14. The highest BCUT2D eigenvalue weighted by atomic mass is 15.3. The zero-order chi connectivity index (χ0) is 13.2. The molecule has 0 aliphatic carbocycles. The summed E-state index contributed by atoms with van der Waals surface area (Å²) in [5.41, 5.74) is 2.28. The summed E-state index contributed by atoms with van der Waals surface area (Å²) in [6.07, 6.45) is 6.03. The molecule has 2 aromatic heterocycles. The van der Waals surface area contributed by atoms with E-state index >= 15 is 0 Å². The topological polar surface area (TPSA) is 35.6 Å². The monoisotopic (exact) mass is 254 g/mol. The molecule has 0 radical (unpaired) electrons. The fourth-order valence-corrected chi connectivity index (χ4v) is 2.50. The summed E-state index contributed by atoms with van der Waals surface area (Å²) in [4.78, 5) is 4.42. The first-order valence-electron chi connectivity index (χ1n) is 6.70. The van der Waals surface area contributed by atoms with E-state index in [1.807, 2.05) is 30.2 Å². The van der Waals surface area contributed by atoms with Gasteiger partial charge < -0.3 is 4.57 Å². The lowest BCUT2D eigenvalue weighted by atomic mass is 10.2. The summed E-state index contributed by atoms with van der Waals surface area (Å²) in [5.74, 6) is 1.14. The van der Waals surface area contributed by atoms with Crippen LogP contribution in [0.5, 0.6) is 0 Å². The third-order valence-electron chi connectivity index (χ3n) is 3.43. The van der Waals surface area contributed by atoms with E-state index in [0.717, 1.165) is 30.9 Å². The van der Waals surface area contributed by atoms with Crippen LogP contribution in [0.1, 0.15) is 24.9 Å². The molecule has 19 heavy (non-hydrogen) atoms. The van der Waals surface area contributed by atoms with Crippen LogP contribution in [0.25, 0.3) is 10.9 Å². The van der Waals surface area contributed by atoms with Crippen molar-refractivity contribution in [1.82, 2.24) is 19.3 Å². The molecule has 0 aliphatic heterocycles. The summed E-state index contributed by atoms with van der Waals surface area (Å²) in [7, 11) is 1.99. The van der Waals surface area contributed by atoms with E-state index in [9.17, 15) is 0 Å². The van der Waals surface area contributed by atoms with E-state index in [1.54, 1.807) is 0 Å². The lowest BCUT2D eigenvalue weighted by molar-refractivity contribution is 0.675. The van der Waals surface area contributed by atoms with Crippen molar-refractivity contribution in [2.45, 2.75) is 26.3 Å². The molecular formula is C15H18N4. The lowest BCUT2D eigenvalue weighted by Gasteiger charge is -2.05. The van der Waals surface area contributed by atoms with E-state index in [-0.39, 0.29) is 0 Å². The quantitative estimate of drug-likeness (QED) is 0.717. The van der Waals surface area contributed by atoms with E-state index in [0.29, 0.717) is 0 Å². The molecule has 1 aromatic carbocycles. The van der Waals surface area contributed by atoms with Gasteiger partial charge in [0.2, 0.25) is 0 Å². The SMILES string of the molecule is CCCc1nccn1Cc1nn(C)c2ccccc12. The molecule has 3 aromatic rings. The van der Waals surface area contributed by atoms with Gasteiger partial charge in [-0.05, 0) is 12.5 Å². The Balaban J connectivity index is 1.99. The largest absolute Gasteiger partial charge is 0.329 e. The molecule has 0 atom stereocenters. The summed E-state index contributed by atoms with van der Waals surface area (Å²) in [6, 6.07) is 8.35. The average molecular weight is 254 g/mol. The minimum atomic E-state index is 0.788. The maximum absolute atomic E-state index is 4.63. The molecular weight excluding hydrogens is 236 g/mol. The van der Waals surface area contributed by atoms with Crippen molar-refractivity contribution in [2.24, 2.45) is 7.05 Å². The van der Waals surface area contributed by atoms with Crippen LogP contribution >= 0.6 is 0 Å². The van der Waals surface area contributed by atoms with Crippen LogP contribution in [-0.4, -0.2) is 19.3 Å². The number of nitrogens with zero attached hydrogens (tertiary/aromatic N) is 4. The van der Waals surface area contributed by atoms with Crippen molar-refractivity contribution < 1.29 is 0 Å². The van der Waals surface area contributed by atoms with Crippen LogP contribution in [0.4, 0.5) is 0 Å². The summed E-state index contributed by atoms with van der Waals surface area (Å²) < 4.78 is 4.14. The Bertz CT molecular complexity index is 693. The lowest BCUT2D eigenvalue weighted by Crippen LogP contribution is -2.05. The normalized spacial score (nSPS) is 11.3. The van der Waals surface area contributed by atoms with E-state index < -0.39 is 0 Å². The first-order chi connectivity index (χ1) is 9.29. The molecule has 0 N–H and O–H groups in total. The van der Waals surface area contributed by atoms with Crippen molar-refractivity contribution in [3.63, 3.8) is 0 Å². The molecule has 0 saturated carbocycles. The van der Waals surface area contributed by atoms with Gasteiger partial charge in [-0.15, -0.1) is 0 Å². The Kier molecular flexibility index (Phi) is 3.07. The first kappa shape index (κ1) is 12.0. The van der Waals surface area contributed by atoms with E-state index in [2.05, 4.69) is 39.8 Å². The summed E-state index contributed by atoms with van der Waals surface area (Å²) in [6.45, 7) is 2.96. The summed E-state index contributed by atoms with van der Waals surface area (Å²) in [5, 5.41) is 5.86. The molecule has 0 amide bonds. The van der Waals surface area contributed by atoms with Gasteiger partial charge in [-0.1, -0.05) is 25.1 Å². The fourth-order valence-electron chi connectivity index (χ4n) is 2.50. The van der Waals surface area contributed by atoms with Crippen molar-refractivity contribution in [3.8, 4) is 0 Å². The standard InChI is InChI=1S/C15H18N4/c1-3-6-15-16-9-10-19(15)11-13-12-7-4-5-8-14(12)18(2)17-13/h4-5,7-10H,3,6,11H2,1-2H3. The number of fused-ring (bicyclic) bond motifs is 1. The first-order valence-corrected chi connectivity index (χ1v) is 6.70. The molecule has 4 nitrogen and oxygen atoms in total. The molecule has 98 valence electrons. The van der Waals surface area contributed by atoms with Crippen LogP contribution in [0, 0.1) is 0 Å². The van der Waals surface area contributed by atoms with Gasteiger partial charge in [0.1, 0.15) is 5.82 Å². The van der Waals surface area contributed by atoms with Crippen molar-refractivity contribution in [2.75, 3.05) is 0 Å². The Hall–Kier alpha value is -2.10. The predicted molar refractivity (Wildman–Crippen MR) is 76.0 cm³/mol. The number of hydrogen-bond donors (Lipinski definition) is 0. The Morgan fingerprint density at radius 3 is 2.89 bits per heavy atom. The van der Waals surface area contributed by atoms with Crippen LogP contribution in [-0.2, 0) is 20.0 Å². The van der Waals surface area contributed by atoms with Crippen molar-refractivity contribution in [3.05, 3.63) is 48.2 Å². The number of hydrogen-bond acceptors (Lipinski definition) is 2. The molecule has 0 fully saturated rings. The van der Waals surface area contributed by atoms with Crippen LogP contribution in [0.2, 0.25) is 0 Å². The van der Waals surface area contributed by atoms with E-state index in [4.69, 9.17) is 0 Å². The van der Waals surface area contributed by atoms with Gasteiger partial charge in [-0.2, -0.15) is 5.10 Å². The van der Waals surface area contributed by atoms with E-state index in [1.165, 1.54) is 10.9 Å². The van der Waals surface area contributed by atoms with Gasteiger partial charge in [-0.25, -0.2) is 4.98 Å². The maximum Gasteiger partial charge on any atom is 0.108 e. The second-order valence-corrected chi connectivity index (χ2v) is 4.81. The molecule has 0 aliphatic rings. The van der Waals surface area contributed by atoms with Gasteiger partial charge in [0.15, 0.2) is 0 Å². The molecule has 0 bridgehead atoms. The highest BCUT2D eigenvalue weighted by Crippen LogP contribution is 2.18. The van der Waals surface area contributed by atoms with Crippen LogP contribution in [0.15, 0.2) is 36.7 Å². The Labute approximate surface area is 112 Å². The van der Waals surface area contributed by atoms with Gasteiger partial charge in [0.25, 0.3) is 0 Å². The van der Waals surface area contributed by atoms with Crippen molar-refractivity contribution in [1.29, 1.82) is 0 Å². The minimum absolute atomic E-state index is 0.788. The molecule has 0 spiro atoms. The zero-order valence-electron chi connectivity index (χ0n) is 11.4. The van der Waals surface area contributed by atoms with Crippen molar-refractivity contribution >= 4 is 10.9 Å². The smallest absolute Gasteiger partial charge is 0.108 e. The van der Waals surface area contributed by atoms with Gasteiger partial charge >= 0.3 is 0 Å². The second kappa shape index (κ2) is 4.88. The van der Waals surface area contributed by atoms with Gasteiger partial charge in [0.05, 0.1) is 17.8 Å². The summed E-state index contributed by atoms with van der Waals surface area (Å²) >= 11 is 0. The number of rotatable bonds is 4. The van der Waals surface area contributed by atoms with Gasteiger partial charge in [-0.3, -0.25) is 4.68 Å². The highest BCUT2D eigenvalue weighted by molar-refractivity contribution is 5.81. The third-order valence-corrected chi connectivity index (χ3v) is 3.43. The Morgan fingerprint density at radius 1 is 1.21 bits per heavy atom. The molecule has 0 unspecified atom stereocenters. The van der Waals surface area contributed by atoms with Crippen LogP contribution < -0.4 is 0 Å². The highest BCUT2D eigenvalue weighted by Gasteiger charge is 2.10. The van der Waals surface area contributed by atoms with Crippen LogP contribution in [0.3, 0.4) is 0 Å². The maximum atomic E-state index is 4.63. The fraction of sp³-hybridized carbons (Fsp3) is 0.333.